The zero-order valence-electron chi connectivity index (χ0n) is 22.2. The van der Waals surface area contributed by atoms with Crippen LogP contribution in [0, 0.1) is 17.2 Å². The number of benzene rings is 1. The molecular formula is C26H22F6N6O5. The van der Waals surface area contributed by atoms with E-state index in [9.17, 15) is 55.6 Å². The van der Waals surface area contributed by atoms with Crippen molar-refractivity contribution in [2.45, 2.75) is 44.2 Å². The Morgan fingerprint density at radius 1 is 1.05 bits per heavy atom. The predicted molar refractivity (Wildman–Crippen MR) is 134 cm³/mol. The topological polar surface area (TPSA) is 170 Å². The summed E-state index contributed by atoms with van der Waals surface area (Å²) in [6, 6.07) is 0.872. The minimum atomic E-state index is -5.24. The number of carbonyl (C=O) groups is 5. The molecule has 0 aliphatic carbocycles. The third kappa shape index (κ3) is 7.84. The summed E-state index contributed by atoms with van der Waals surface area (Å²) in [5.74, 6) is -6.87. The third-order valence-electron chi connectivity index (χ3n) is 6.33. The van der Waals surface area contributed by atoms with E-state index in [0.29, 0.717) is 0 Å². The molecule has 2 heterocycles. The molecule has 11 nitrogen and oxygen atoms in total. The van der Waals surface area contributed by atoms with Gasteiger partial charge in [0.1, 0.15) is 11.9 Å². The van der Waals surface area contributed by atoms with Gasteiger partial charge in [0.05, 0.1) is 28.3 Å². The Kier molecular flexibility index (Phi) is 9.42. The summed E-state index contributed by atoms with van der Waals surface area (Å²) >= 11 is 0. The molecule has 1 saturated heterocycles. The van der Waals surface area contributed by atoms with E-state index in [4.69, 9.17) is 0 Å². The monoisotopic (exact) mass is 612 g/mol. The van der Waals surface area contributed by atoms with Crippen molar-refractivity contribution < 1.29 is 50.3 Å². The summed E-state index contributed by atoms with van der Waals surface area (Å²) in [6.45, 7) is 1.70. The van der Waals surface area contributed by atoms with Crippen molar-refractivity contribution in [3.63, 3.8) is 0 Å². The number of hydrogen-bond acceptors (Lipinski definition) is 7. The van der Waals surface area contributed by atoms with Gasteiger partial charge in [-0.3, -0.25) is 24.0 Å². The number of ketones is 1. The van der Waals surface area contributed by atoms with Crippen molar-refractivity contribution in [2.24, 2.45) is 5.92 Å². The van der Waals surface area contributed by atoms with Crippen LogP contribution in [0.2, 0.25) is 0 Å². The fourth-order valence-electron chi connectivity index (χ4n) is 4.25. The number of nitrogens with zero attached hydrogens (tertiary/aromatic N) is 2. The zero-order valence-corrected chi connectivity index (χ0v) is 22.2. The number of amides is 4. The van der Waals surface area contributed by atoms with Gasteiger partial charge in [-0.15, -0.1) is 0 Å². The molecule has 1 fully saturated rings. The molecule has 0 spiro atoms. The number of pyridine rings is 1. The van der Waals surface area contributed by atoms with E-state index in [1.807, 2.05) is 5.32 Å². The molecule has 43 heavy (non-hydrogen) atoms. The number of likely N-dealkylation sites (N-methyl/N-ethyl adjacent to an activating group) is 1. The highest BCUT2D eigenvalue weighted by Gasteiger charge is 2.38. The van der Waals surface area contributed by atoms with E-state index in [-0.39, 0.29) is 42.6 Å². The number of halogens is 6. The van der Waals surface area contributed by atoms with Gasteiger partial charge >= 0.3 is 12.4 Å². The van der Waals surface area contributed by atoms with Gasteiger partial charge in [0, 0.05) is 30.8 Å². The average Bonchev–Trinajstić information content (AvgIpc) is 3.26. The zero-order chi connectivity index (χ0) is 32.3. The number of anilines is 1. The Morgan fingerprint density at radius 2 is 1.65 bits per heavy atom. The van der Waals surface area contributed by atoms with Crippen LogP contribution < -0.4 is 21.3 Å². The maximum Gasteiger partial charge on any atom is 0.416 e. The molecule has 0 bridgehead atoms. The van der Waals surface area contributed by atoms with E-state index in [2.05, 4.69) is 20.9 Å². The molecule has 1 aromatic carbocycles. The lowest BCUT2D eigenvalue weighted by molar-refractivity contribution is -0.143. The number of carbonyl (C=O) groups excluding carboxylic acids is 5. The Bertz CT molecular complexity index is 1490. The molecule has 3 rings (SSSR count). The van der Waals surface area contributed by atoms with Gasteiger partial charge in [-0.2, -0.15) is 31.6 Å². The van der Waals surface area contributed by atoms with Crippen LogP contribution >= 0.6 is 0 Å². The third-order valence-corrected chi connectivity index (χ3v) is 6.33. The van der Waals surface area contributed by atoms with Gasteiger partial charge in [0.25, 0.3) is 17.7 Å². The number of nitriles is 1. The first-order valence-corrected chi connectivity index (χ1v) is 12.3. The summed E-state index contributed by atoms with van der Waals surface area (Å²) < 4.78 is 79.6. The summed E-state index contributed by atoms with van der Waals surface area (Å²) in [5.41, 5.74) is -5.47. The van der Waals surface area contributed by atoms with Crippen LogP contribution in [0.25, 0.3) is 0 Å². The minimum Gasteiger partial charge on any atom is -0.353 e. The standard InChI is InChI=1S/C26H22F6N6O5/c1-11-3-13(21(40)36-11)7-18(19(39)24(43)34-2)37-23(42)17-4-12(9-33)10-35-20(17)38-22(41)14-5-15(25(27,28)29)8-16(6-14)26(30,31)32/h4-6,8,10-11,13,18H,3,7H2,1-2H3,(H,34,43)(H,36,40)(H,37,42)(H,35,38,41)/t11-,13+,18?/m1/s1. The molecular weight excluding hydrogens is 590 g/mol. The molecule has 17 heteroatoms. The Labute approximate surface area is 239 Å². The van der Waals surface area contributed by atoms with Gasteiger partial charge in [0.15, 0.2) is 0 Å². The van der Waals surface area contributed by atoms with Crippen LogP contribution in [-0.2, 0) is 26.7 Å². The van der Waals surface area contributed by atoms with Crippen molar-refractivity contribution in [1.29, 1.82) is 5.26 Å². The van der Waals surface area contributed by atoms with Gasteiger partial charge < -0.3 is 21.3 Å². The van der Waals surface area contributed by atoms with E-state index in [1.54, 1.807) is 13.0 Å². The van der Waals surface area contributed by atoms with Crippen LogP contribution in [0.3, 0.4) is 0 Å². The summed E-state index contributed by atoms with van der Waals surface area (Å²) in [7, 11) is 1.15. The first kappa shape index (κ1) is 32.5. The molecule has 1 aromatic heterocycles. The average molecular weight is 612 g/mol. The number of hydrogen-bond donors (Lipinski definition) is 4. The minimum absolute atomic E-state index is 0.166. The number of Topliss-reactive ketones (excluding diaryl/α,β-unsaturated/α-hetero) is 1. The highest BCUT2D eigenvalue weighted by Crippen LogP contribution is 2.36. The first-order valence-electron chi connectivity index (χ1n) is 12.3. The van der Waals surface area contributed by atoms with E-state index < -0.39 is 81.8 Å². The molecule has 1 unspecified atom stereocenters. The molecule has 0 saturated carbocycles. The van der Waals surface area contributed by atoms with Crippen LogP contribution in [0.15, 0.2) is 30.5 Å². The second-order valence-corrected chi connectivity index (χ2v) is 9.53. The summed E-state index contributed by atoms with van der Waals surface area (Å²) in [4.78, 5) is 66.9. The van der Waals surface area contributed by atoms with Crippen LogP contribution in [0.5, 0.6) is 0 Å². The smallest absolute Gasteiger partial charge is 0.353 e. The number of alkyl halides is 6. The quantitative estimate of drug-likeness (QED) is 0.262. The van der Waals surface area contributed by atoms with E-state index >= 15 is 0 Å². The predicted octanol–water partition coefficient (Wildman–Crippen LogP) is 2.57. The van der Waals surface area contributed by atoms with Gasteiger partial charge in [-0.25, -0.2) is 4.98 Å². The highest BCUT2D eigenvalue weighted by atomic mass is 19.4. The number of nitrogens with one attached hydrogen (secondary N) is 4. The SMILES string of the molecule is CNC(=O)C(=O)C(C[C@@H]1C[C@@H](C)NC1=O)NC(=O)c1cc(C#N)cnc1NC(=O)c1cc(C(F)(F)F)cc(C(F)(F)F)c1. The lowest BCUT2D eigenvalue weighted by Crippen LogP contribution is -2.48. The molecule has 0 radical (unpaired) electrons. The van der Waals surface area contributed by atoms with Crippen molar-refractivity contribution in [2.75, 3.05) is 12.4 Å². The van der Waals surface area contributed by atoms with Crippen molar-refractivity contribution in [1.82, 2.24) is 20.9 Å². The van der Waals surface area contributed by atoms with Gasteiger partial charge in [0.2, 0.25) is 11.7 Å². The second kappa shape index (κ2) is 12.5. The van der Waals surface area contributed by atoms with Gasteiger partial charge in [-0.1, -0.05) is 0 Å². The Balaban J connectivity index is 1.98. The fraction of sp³-hybridized carbons (Fsp3) is 0.346. The number of rotatable bonds is 8. The lowest BCUT2D eigenvalue weighted by Gasteiger charge is -2.20. The molecule has 4 N–H and O–H groups in total. The van der Waals surface area contributed by atoms with Gasteiger partial charge in [-0.05, 0) is 44.0 Å². The fourth-order valence-corrected chi connectivity index (χ4v) is 4.25. The lowest BCUT2D eigenvalue weighted by atomic mass is 9.94. The Hall–Kier alpha value is -5.01. The second-order valence-electron chi connectivity index (χ2n) is 9.53. The largest absolute Gasteiger partial charge is 0.416 e. The highest BCUT2D eigenvalue weighted by molar-refractivity contribution is 6.38. The molecule has 4 amide bonds. The molecule has 3 atom stereocenters. The summed E-state index contributed by atoms with van der Waals surface area (Å²) in [5, 5.41) is 18.2. The van der Waals surface area contributed by atoms with E-state index in [1.165, 1.54) is 0 Å². The van der Waals surface area contributed by atoms with Crippen molar-refractivity contribution >= 4 is 35.2 Å². The Morgan fingerprint density at radius 3 is 2.14 bits per heavy atom. The van der Waals surface area contributed by atoms with Crippen molar-refractivity contribution in [3.05, 3.63) is 58.3 Å². The van der Waals surface area contributed by atoms with Crippen LogP contribution in [0.1, 0.15) is 57.2 Å². The van der Waals surface area contributed by atoms with E-state index in [0.717, 1.165) is 19.3 Å². The first-order chi connectivity index (χ1) is 19.9. The van der Waals surface area contributed by atoms with Crippen LogP contribution in [-0.4, -0.2) is 53.5 Å². The molecule has 1 aliphatic heterocycles. The molecule has 228 valence electrons. The molecule has 1 aliphatic rings. The maximum absolute atomic E-state index is 13.3. The number of aromatic nitrogens is 1. The maximum atomic E-state index is 13.3. The summed E-state index contributed by atoms with van der Waals surface area (Å²) in [6.07, 6.45) is -9.67. The molecule has 2 aromatic rings. The van der Waals surface area contributed by atoms with Crippen molar-refractivity contribution in [3.8, 4) is 6.07 Å². The van der Waals surface area contributed by atoms with Crippen LogP contribution in [0.4, 0.5) is 32.2 Å². The normalized spacial score (nSPS) is 17.3.